The highest BCUT2D eigenvalue weighted by molar-refractivity contribution is 5.85. The van der Waals surface area contributed by atoms with Crippen molar-refractivity contribution in [3.05, 3.63) is 36.2 Å². The maximum absolute atomic E-state index is 10.1. The first-order valence-electron chi connectivity index (χ1n) is 2.69. The Hall–Kier alpha value is -1.02. The fraction of sp³-hybridized carbons (Fsp3) is 0. The van der Waals surface area contributed by atoms with Gasteiger partial charge in [-0.25, -0.2) is 0 Å². The number of aldehydes is 1. The molecule has 0 saturated heterocycles. The lowest BCUT2D eigenvalue weighted by atomic mass is 10.4. The van der Waals surface area contributed by atoms with Crippen LogP contribution in [0, 0.1) is 0 Å². The van der Waals surface area contributed by atoms with Crippen molar-refractivity contribution in [2.24, 2.45) is 0 Å². The summed E-state index contributed by atoms with van der Waals surface area (Å²) in [6.07, 6.45) is 9.69. The predicted octanol–water partition coefficient (Wildman–Crippen LogP) is 1.16. The monoisotopic (exact) mass is 157 g/mol. The predicted molar refractivity (Wildman–Crippen MR) is 42.8 cm³/mol. The van der Waals surface area contributed by atoms with Gasteiger partial charge in [-0.3, -0.25) is 4.79 Å². The molecule has 0 aromatic rings. The van der Waals surface area contributed by atoms with Crippen molar-refractivity contribution in [1.29, 1.82) is 0 Å². The number of carbonyl (C=O) groups excluding carboxylic acids is 1. The summed E-state index contributed by atoms with van der Waals surface area (Å²) in [6.45, 7) is 0. The zero-order chi connectivity index (χ0) is 6.53. The highest BCUT2D eigenvalue weighted by Crippen LogP contribution is 1.90. The molecule has 0 amide bonds. The second-order valence-electron chi connectivity index (χ2n) is 1.63. The highest BCUT2D eigenvalue weighted by Gasteiger charge is 1.87. The van der Waals surface area contributed by atoms with E-state index < -0.39 is 0 Å². The minimum absolute atomic E-state index is 0. The first kappa shape index (κ1) is 8.98. The van der Waals surface area contributed by atoms with Gasteiger partial charge in [0.15, 0.2) is 6.29 Å². The smallest absolute Gasteiger partial charge is 0.166 e. The van der Waals surface area contributed by atoms with E-state index >= 15 is 0 Å². The van der Waals surface area contributed by atoms with Crippen LogP contribution < -0.4 is 5.32 Å². The Balaban J connectivity index is 0.000000810. The van der Waals surface area contributed by atoms with E-state index in [4.69, 9.17) is 0 Å². The van der Waals surface area contributed by atoms with Gasteiger partial charge in [0.2, 0.25) is 0 Å². The summed E-state index contributed by atoms with van der Waals surface area (Å²) >= 11 is 0. The Morgan fingerprint density at radius 2 is 2.10 bits per heavy atom. The Kier molecular flexibility index (Phi) is 4.33. The molecular formula is C7H8ClNO. The molecule has 0 atom stereocenters. The zero-order valence-electron chi connectivity index (χ0n) is 5.28. The van der Waals surface area contributed by atoms with Crippen LogP contribution >= 0.6 is 12.4 Å². The molecule has 0 saturated carbocycles. The normalized spacial score (nSPS) is 14.2. The number of hydrogen-bond acceptors (Lipinski definition) is 2. The zero-order valence-corrected chi connectivity index (χ0v) is 6.10. The van der Waals surface area contributed by atoms with Gasteiger partial charge in [0, 0.05) is 6.20 Å². The molecule has 0 radical (unpaired) electrons. The maximum atomic E-state index is 10.1. The van der Waals surface area contributed by atoms with Crippen LogP contribution in [0.25, 0.3) is 0 Å². The molecule has 0 aromatic carbocycles. The van der Waals surface area contributed by atoms with Crippen LogP contribution in [0.3, 0.4) is 0 Å². The lowest BCUT2D eigenvalue weighted by Crippen LogP contribution is -2.03. The standard InChI is InChI=1S/C7H7NO.ClH/c9-6-7-4-2-1-3-5-8-7;/h1-6,8H;1H. The summed E-state index contributed by atoms with van der Waals surface area (Å²) in [7, 11) is 0. The van der Waals surface area contributed by atoms with E-state index in [1.54, 1.807) is 18.4 Å². The molecule has 1 N–H and O–H groups in total. The molecule has 1 aliphatic heterocycles. The molecule has 0 fully saturated rings. The summed E-state index contributed by atoms with van der Waals surface area (Å²) < 4.78 is 0. The molecule has 1 rings (SSSR count). The molecule has 1 aliphatic rings. The van der Waals surface area contributed by atoms with Crippen LogP contribution in [-0.2, 0) is 4.79 Å². The van der Waals surface area contributed by atoms with E-state index in [-0.39, 0.29) is 12.4 Å². The van der Waals surface area contributed by atoms with Crippen molar-refractivity contribution in [1.82, 2.24) is 5.32 Å². The fourth-order valence-electron chi connectivity index (χ4n) is 0.545. The van der Waals surface area contributed by atoms with Crippen molar-refractivity contribution >= 4 is 18.7 Å². The van der Waals surface area contributed by atoms with Crippen molar-refractivity contribution in [3.8, 4) is 0 Å². The largest absolute Gasteiger partial charge is 0.359 e. The molecule has 0 unspecified atom stereocenters. The molecule has 0 bridgehead atoms. The van der Waals surface area contributed by atoms with Gasteiger partial charge in [0.05, 0.1) is 5.70 Å². The molecule has 1 heterocycles. The van der Waals surface area contributed by atoms with Gasteiger partial charge in [-0.1, -0.05) is 12.2 Å². The Morgan fingerprint density at radius 3 is 2.80 bits per heavy atom. The third-order valence-corrected chi connectivity index (χ3v) is 0.971. The maximum Gasteiger partial charge on any atom is 0.166 e. The van der Waals surface area contributed by atoms with Gasteiger partial charge in [-0.2, -0.15) is 0 Å². The van der Waals surface area contributed by atoms with Crippen LogP contribution in [-0.4, -0.2) is 6.29 Å². The van der Waals surface area contributed by atoms with Crippen molar-refractivity contribution in [2.75, 3.05) is 0 Å². The second-order valence-corrected chi connectivity index (χ2v) is 1.63. The van der Waals surface area contributed by atoms with Crippen molar-refractivity contribution < 1.29 is 4.79 Å². The molecule has 0 spiro atoms. The van der Waals surface area contributed by atoms with E-state index in [1.807, 2.05) is 12.2 Å². The average Bonchev–Trinajstić information content (AvgIpc) is 2.13. The minimum Gasteiger partial charge on any atom is -0.359 e. The fourth-order valence-corrected chi connectivity index (χ4v) is 0.545. The van der Waals surface area contributed by atoms with Crippen LogP contribution in [0.5, 0.6) is 0 Å². The third kappa shape index (κ3) is 2.51. The summed E-state index contributed by atoms with van der Waals surface area (Å²) in [5.74, 6) is 0. The first-order chi connectivity index (χ1) is 4.43. The van der Waals surface area contributed by atoms with Gasteiger partial charge in [-0.15, -0.1) is 12.4 Å². The van der Waals surface area contributed by atoms with Crippen molar-refractivity contribution in [2.45, 2.75) is 0 Å². The number of allylic oxidation sites excluding steroid dienone is 5. The van der Waals surface area contributed by atoms with Gasteiger partial charge in [0.1, 0.15) is 0 Å². The number of carbonyl (C=O) groups is 1. The Morgan fingerprint density at radius 1 is 1.30 bits per heavy atom. The summed E-state index contributed by atoms with van der Waals surface area (Å²) in [6, 6.07) is 0. The van der Waals surface area contributed by atoms with Gasteiger partial charge in [-0.05, 0) is 12.2 Å². The number of hydrogen-bond donors (Lipinski definition) is 1. The molecule has 0 aliphatic carbocycles. The number of halogens is 1. The third-order valence-electron chi connectivity index (χ3n) is 0.971. The van der Waals surface area contributed by atoms with E-state index in [2.05, 4.69) is 5.32 Å². The summed E-state index contributed by atoms with van der Waals surface area (Å²) in [4.78, 5) is 10.1. The Bertz CT molecular complexity index is 194. The average molecular weight is 158 g/mol. The molecule has 3 heteroatoms. The summed E-state index contributed by atoms with van der Waals surface area (Å²) in [5, 5.41) is 2.78. The highest BCUT2D eigenvalue weighted by atomic mass is 35.5. The lowest BCUT2D eigenvalue weighted by molar-refractivity contribution is -0.105. The van der Waals surface area contributed by atoms with E-state index in [0.717, 1.165) is 6.29 Å². The van der Waals surface area contributed by atoms with Gasteiger partial charge < -0.3 is 5.32 Å². The van der Waals surface area contributed by atoms with Gasteiger partial charge >= 0.3 is 0 Å². The first-order valence-corrected chi connectivity index (χ1v) is 2.69. The van der Waals surface area contributed by atoms with Crippen LogP contribution in [0.4, 0.5) is 0 Å². The SMILES string of the molecule is Cl.O=CC1=CC=CC=CN1. The van der Waals surface area contributed by atoms with Crippen molar-refractivity contribution in [3.63, 3.8) is 0 Å². The van der Waals surface area contributed by atoms with E-state index in [9.17, 15) is 4.79 Å². The molecular weight excluding hydrogens is 150 g/mol. The molecule has 0 aromatic heterocycles. The van der Waals surface area contributed by atoms with E-state index in [0.29, 0.717) is 5.70 Å². The topological polar surface area (TPSA) is 29.1 Å². The Labute approximate surface area is 65.7 Å². The number of nitrogens with one attached hydrogen (secondary N) is 1. The minimum atomic E-state index is 0. The second kappa shape index (κ2) is 4.82. The molecule has 2 nitrogen and oxygen atoms in total. The van der Waals surface area contributed by atoms with Crippen LogP contribution in [0.15, 0.2) is 36.2 Å². The van der Waals surface area contributed by atoms with Crippen LogP contribution in [0.1, 0.15) is 0 Å². The molecule has 10 heavy (non-hydrogen) atoms. The lowest BCUT2D eigenvalue weighted by Gasteiger charge is -1.91. The quantitative estimate of drug-likeness (QED) is 0.579. The number of rotatable bonds is 1. The van der Waals surface area contributed by atoms with E-state index in [1.165, 1.54) is 0 Å². The van der Waals surface area contributed by atoms with Crippen LogP contribution in [0.2, 0.25) is 0 Å². The van der Waals surface area contributed by atoms with Gasteiger partial charge in [0.25, 0.3) is 0 Å². The molecule has 54 valence electrons. The summed E-state index contributed by atoms with van der Waals surface area (Å²) in [5.41, 5.74) is 0.583.